The maximum absolute atomic E-state index is 12.8. The lowest BCUT2D eigenvalue weighted by Gasteiger charge is -2.11. The molecule has 0 fully saturated rings. The van der Waals surface area contributed by atoms with E-state index >= 15 is 0 Å². The van der Waals surface area contributed by atoms with Crippen molar-refractivity contribution in [3.05, 3.63) is 83.9 Å². The predicted molar refractivity (Wildman–Crippen MR) is 108 cm³/mol. The number of rotatable bonds is 6. The molecule has 0 saturated carbocycles. The summed E-state index contributed by atoms with van der Waals surface area (Å²) in [5, 5.41) is 12.8. The standard InChI is InChI=1S/C23H18F3NO3/c24-23(25,26)18-10-7-15(8-11-18)19-5-3-4-16-14-17(9-12-20(16)19)22(30)27-13-2-1-6-21(28)29/h1,3-12,14H,2,13H2,(H,27,30)(H,28,29)/b6-1+. The molecule has 154 valence electrons. The summed E-state index contributed by atoms with van der Waals surface area (Å²) in [6.07, 6.45) is -1.52. The van der Waals surface area contributed by atoms with Gasteiger partial charge >= 0.3 is 12.1 Å². The Balaban J connectivity index is 1.80. The van der Waals surface area contributed by atoms with Crippen molar-refractivity contribution in [1.29, 1.82) is 0 Å². The molecule has 2 N–H and O–H groups in total. The average molecular weight is 413 g/mol. The van der Waals surface area contributed by atoms with Crippen molar-refractivity contribution < 1.29 is 27.9 Å². The molecule has 0 spiro atoms. The molecule has 0 bridgehead atoms. The molecule has 1 amide bonds. The lowest BCUT2D eigenvalue weighted by atomic mass is 9.96. The van der Waals surface area contributed by atoms with E-state index < -0.39 is 17.7 Å². The summed E-state index contributed by atoms with van der Waals surface area (Å²) in [6.45, 7) is 0.298. The first-order valence-corrected chi connectivity index (χ1v) is 9.14. The Labute approximate surface area is 170 Å². The number of carbonyl (C=O) groups is 2. The van der Waals surface area contributed by atoms with E-state index in [1.165, 1.54) is 18.2 Å². The second kappa shape index (κ2) is 8.82. The number of carboxylic acids is 1. The van der Waals surface area contributed by atoms with Gasteiger partial charge in [-0.3, -0.25) is 4.79 Å². The molecule has 0 aliphatic heterocycles. The molecule has 7 heteroatoms. The Bertz CT molecular complexity index is 1100. The highest BCUT2D eigenvalue weighted by atomic mass is 19.4. The van der Waals surface area contributed by atoms with E-state index in [-0.39, 0.29) is 5.91 Å². The monoisotopic (exact) mass is 413 g/mol. The van der Waals surface area contributed by atoms with Crippen molar-refractivity contribution in [2.45, 2.75) is 12.6 Å². The summed E-state index contributed by atoms with van der Waals surface area (Å²) in [4.78, 5) is 22.7. The van der Waals surface area contributed by atoms with Gasteiger partial charge in [0.1, 0.15) is 0 Å². The number of nitrogens with one attached hydrogen (secondary N) is 1. The lowest BCUT2D eigenvalue weighted by Crippen LogP contribution is -2.24. The van der Waals surface area contributed by atoms with Gasteiger partial charge in [0.15, 0.2) is 0 Å². The Morgan fingerprint density at radius 2 is 1.73 bits per heavy atom. The third-order valence-corrected chi connectivity index (χ3v) is 4.52. The molecule has 0 aromatic heterocycles. The van der Waals surface area contributed by atoms with Crippen molar-refractivity contribution in [3.63, 3.8) is 0 Å². The first kappa shape index (κ1) is 21.1. The Kier molecular flexibility index (Phi) is 6.20. The average Bonchev–Trinajstić information content (AvgIpc) is 2.71. The van der Waals surface area contributed by atoms with Crippen molar-refractivity contribution >= 4 is 22.6 Å². The predicted octanol–water partition coefficient (Wildman–Crippen LogP) is 5.29. The van der Waals surface area contributed by atoms with Gasteiger partial charge < -0.3 is 10.4 Å². The Morgan fingerprint density at radius 3 is 2.40 bits per heavy atom. The molecule has 0 radical (unpaired) electrons. The number of carboxylic acid groups (broad SMARTS) is 1. The smallest absolute Gasteiger partial charge is 0.416 e. The highest BCUT2D eigenvalue weighted by Gasteiger charge is 2.30. The second-order valence-corrected chi connectivity index (χ2v) is 6.60. The van der Waals surface area contributed by atoms with Crippen LogP contribution < -0.4 is 5.32 Å². The molecule has 0 saturated heterocycles. The van der Waals surface area contributed by atoms with Crippen molar-refractivity contribution in [3.8, 4) is 11.1 Å². The van der Waals surface area contributed by atoms with Crippen molar-refractivity contribution in [2.24, 2.45) is 0 Å². The third kappa shape index (κ3) is 5.05. The number of hydrogen-bond donors (Lipinski definition) is 2. The van der Waals surface area contributed by atoms with Crippen LogP contribution in [0.15, 0.2) is 72.8 Å². The zero-order chi connectivity index (χ0) is 21.7. The Hall–Kier alpha value is -3.61. The summed E-state index contributed by atoms with van der Waals surface area (Å²) in [5.74, 6) is -1.33. The number of amides is 1. The number of carbonyl (C=O) groups excluding carboxylic acids is 1. The van der Waals surface area contributed by atoms with E-state index in [4.69, 9.17) is 5.11 Å². The van der Waals surface area contributed by atoms with Crippen LogP contribution in [0.2, 0.25) is 0 Å². The molecule has 30 heavy (non-hydrogen) atoms. The molecule has 3 aromatic rings. The van der Waals surface area contributed by atoms with Crippen LogP contribution >= 0.6 is 0 Å². The zero-order valence-corrected chi connectivity index (χ0v) is 15.7. The quantitative estimate of drug-likeness (QED) is 0.427. The van der Waals surface area contributed by atoms with E-state index in [0.717, 1.165) is 34.5 Å². The molecule has 3 rings (SSSR count). The van der Waals surface area contributed by atoms with Gasteiger partial charge in [0.2, 0.25) is 0 Å². The van der Waals surface area contributed by atoms with E-state index in [1.54, 1.807) is 24.3 Å². The molecule has 0 aliphatic carbocycles. The Morgan fingerprint density at radius 1 is 1.00 bits per heavy atom. The van der Waals surface area contributed by atoms with E-state index in [1.807, 2.05) is 12.1 Å². The molecule has 0 heterocycles. The number of hydrogen-bond acceptors (Lipinski definition) is 2. The van der Waals surface area contributed by atoms with Crippen LogP contribution in [-0.4, -0.2) is 23.5 Å². The largest absolute Gasteiger partial charge is 0.478 e. The van der Waals surface area contributed by atoms with Gasteiger partial charge in [-0.1, -0.05) is 42.5 Å². The van der Waals surface area contributed by atoms with Crippen LogP contribution in [0.4, 0.5) is 13.2 Å². The van der Waals surface area contributed by atoms with Gasteiger partial charge in [-0.05, 0) is 52.6 Å². The molecule has 0 aliphatic rings. The van der Waals surface area contributed by atoms with Crippen LogP contribution in [0.5, 0.6) is 0 Å². The summed E-state index contributed by atoms with van der Waals surface area (Å²) in [7, 11) is 0. The van der Waals surface area contributed by atoms with Crippen LogP contribution in [0.25, 0.3) is 21.9 Å². The van der Waals surface area contributed by atoms with Gasteiger partial charge in [-0.25, -0.2) is 4.79 Å². The van der Waals surface area contributed by atoms with E-state index in [2.05, 4.69) is 5.32 Å². The van der Waals surface area contributed by atoms with Crippen LogP contribution in [0.1, 0.15) is 22.3 Å². The fourth-order valence-electron chi connectivity index (χ4n) is 3.07. The minimum absolute atomic E-state index is 0.291. The van der Waals surface area contributed by atoms with Crippen LogP contribution in [-0.2, 0) is 11.0 Å². The molecular weight excluding hydrogens is 395 g/mol. The summed E-state index contributed by atoms with van der Waals surface area (Å²) in [5.41, 5.74) is 1.15. The number of fused-ring (bicyclic) bond motifs is 1. The topological polar surface area (TPSA) is 66.4 Å². The normalized spacial score (nSPS) is 11.7. The minimum atomic E-state index is -4.39. The molecule has 0 unspecified atom stereocenters. The molecule has 0 atom stereocenters. The third-order valence-electron chi connectivity index (χ3n) is 4.52. The molecule has 4 nitrogen and oxygen atoms in total. The summed E-state index contributed by atoms with van der Waals surface area (Å²) < 4.78 is 38.4. The number of alkyl halides is 3. The maximum Gasteiger partial charge on any atom is 0.416 e. The SMILES string of the molecule is O=C(O)/C=C/CCNC(=O)c1ccc2c(-c3ccc(C(F)(F)F)cc3)cccc2c1. The first-order chi connectivity index (χ1) is 14.3. The fraction of sp³-hybridized carbons (Fsp3) is 0.130. The van der Waals surface area contributed by atoms with Gasteiger partial charge in [0, 0.05) is 18.2 Å². The lowest BCUT2D eigenvalue weighted by molar-refractivity contribution is -0.137. The summed E-state index contributed by atoms with van der Waals surface area (Å²) >= 11 is 0. The second-order valence-electron chi connectivity index (χ2n) is 6.60. The molecule has 3 aromatic carbocycles. The minimum Gasteiger partial charge on any atom is -0.478 e. The summed E-state index contributed by atoms with van der Waals surface area (Å²) in [6, 6.07) is 15.5. The van der Waals surface area contributed by atoms with E-state index in [9.17, 15) is 22.8 Å². The highest BCUT2D eigenvalue weighted by molar-refractivity contribution is 6.02. The number of aliphatic carboxylic acids is 1. The zero-order valence-electron chi connectivity index (χ0n) is 15.7. The fourth-order valence-corrected chi connectivity index (χ4v) is 3.07. The maximum atomic E-state index is 12.8. The highest BCUT2D eigenvalue weighted by Crippen LogP contribution is 2.33. The van der Waals surface area contributed by atoms with Gasteiger partial charge in [-0.15, -0.1) is 0 Å². The van der Waals surface area contributed by atoms with E-state index in [0.29, 0.717) is 24.1 Å². The van der Waals surface area contributed by atoms with Gasteiger partial charge in [-0.2, -0.15) is 13.2 Å². The van der Waals surface area contributed by atoms with Crippen LogP contribution in [0.3, 0.4) is 0 Å². The van der Waals surface area contributed by atoms with Crippen molar-refractivity contribution in [1.82, 2.24) is 5.32 Å². The van der Waals surface area contributed by atoms with Gasteiger partial charge in [0.25, 0.3) is 5.91 Å². The van der Waals surface area contributed by atoms with Crippen LogP contribution in [0, 0.1) is 0 Å². The number of benzene rings is 3. The molecular formula is C23H18F3NO3. The first-order valence-electron chi connectivity index (χ1n) is 9.14. The van der Waals surface area contributed by atoms with Crippen molar-refractivity contribution in [2.75, 3.05) is 6.54 Å². The van der Waals surface area contributed by atoms with Gasteiger partial charge in [0.05, 0.1) is 5.56 Å². The number of halogens is 3.